The average Bonchev–Trinajstić information content (AvgIpc) is 2.97. The number of hydrogen-bond donors (Lipinski definition) is 0. The summed E-state index contributed by atoms with van der Waals surface area (Å²) < 4.78 is 5.10. The molecule has 2 aromatic rings. The second-order valence-corrected chi connectivity index (χ2v) is 5.45. The zero-order chi connectivity index (χ0) is 16.4. The summed E-state index contributed by atoms with van der Waals surface area (Å²) in [5.74, 6) is -1.28. The smallest absolute Gasteiger partial charge is 0.339 e. The minimum atomic E-state index is -0.591. The number of esters is 1. The molecule has 0 saturated carbocycles. The van der Waals surface area contributed by atoms with E-state index in [1.807, 2.05) is 18.2 Å². The molecule has 0 unspecified atom stereocenters. The van der Waals surface area contributed by atoms with Crippen molar-refractivity contribution >= 4 is 28.7 Å². The first-order chi connectivity index (χ1) is 11.1. The van der Waals surface area contributed by atoms with Crippen molar-refractivity contribution in [3.05, 3.63) is 41.6 Å². The lowest BCUT2D eigenvalue weighted by Gasteiger charge is -2.14. The monoisotopic (exact) mass is 312 g/mol. The van der Waals surface area contributed by atoms with Crippen molar-refractivity contribution in [1.29, 1.82) is 0 Å². The molecule has 2 heterocycles. The Balaban J connectivity index is 1.76. The van der Waals surface area contributed by atoms with Gasteiger partial charge in [-0.3, -0.25) is 19.5 Å². The lowest BCUT2D eigenvalue weighted by Crippen LogP contribution is -2.35. The van der Waals surface area contributed by atoms with Crippen LogP contribution in [0.2, 0.25) is 0 Å². The molecule has 0 bridgehead atoms. The number of rotatable bonds is 3. The lowest BCUT2D eigenvalue weighted by atomic mass is 10.1. The molecule has 1 fully saturated rings. The molecule has 3 rings (SSSR count). The van der Waals surface area contributed by atoms with Gasteiger partial charge in [0.1, 0.15) is 0 Å². The van der Waals surface area contributed by atoms with Gasteiger partial charge in [0, 0.05) is 24.0 Å². The molecule has 0 atom stereocenters. The maximum Gasteiger partial charge on any atom is 0.339 e. The van der Waals surface area contributed by atoms with Crippen LogP contribution in [-0.4, -0.2) is 40.8 Å². The van der Waals surface area contributed by atoms with Gasteiger partial charge in [-0.2, -0.15) is 0 Å². The van der Waals surface area contributed by atoms with Gasteiger partial charge in [-0.15, -0.1) is 0 Å². The number of imide groups is 1. The highest BCUT2D eigenvalue weighted by molar-refractivity contribution is 6.04. The maximum absolute atomic E-state index is 12.3. The molecule has 1 saturated heterocycles. The molecule has 0 spiro atoms. The third kappa shape index (κ3) is 3.06. The first-order valence-corrected chi connectivity index (χ1v) is 7.43. The Hall–Kier alpha value is -2.76. The SMILES string of the molecule is Cc1cc(C(=O)OCC(=O)N2CCCC2=O)c2ccccc2n1. The van der Waals surface area contributed by atoms with E-state index in [4.69, 9.17) is 4.74 Å². The molecule has 0 aliphatic carbocycles. The molecule has 0 N–H and O–H groups in total. The van der Waals surface area contributed by atoms with E-state index in [0.717, 1.165) is 4.90 Å². The maximum atomic E-state index is 12.3. The number of nitrogens with zero attached hydrogens (tertiary/aromatic N) is 2. The largest absolute Gasteiger partial charge is 0.452 e. The number of carbonyl (C=O) groups excluding carboxylic acids is 3. The average molecular weight is 312 g/mol. The number of aromatic nitrogens is 1. The van der Waals surface area contributed by atoms with E-state index in [-0.39, 0.29) is 5.91 Å². The van der Waals surface area contributed by atoms with E-state index in [9.17, 15) is 14.4 Å². The number of fused-ring (bicyclic) bond motifs is 1. The summed E-state index contributed by atoms with van der Waals surface area (Å²) in [6, 6.07) is 8.88. The predicted molar refractivity (Wildman–Crippen MR) is 82.7 cm³/mol. The van der Waals surface area contributed by atoms with Gasteiger partial charge in [0.2, 0.25) is 5.91 Å². The number of likely N-dealkylation sites (tertiary alicyclic amines) is 1. The van der Waals surface area contributed by atoms with Crippen molar-refractivity contribution in [3.63, 3.8) is 0 Å². The molecule has 1 aliphatic rings. The first kappa shape index (κ1) is 15.1. The fourth-order valence-corrected chi connectivity index (χ4v) is 2.67. The Bertz CT molecular complexity index is 800. The Labute approximate surface area is 133 Å². The molecule has 1 aromatic heterocycles. The molecule has 6 heteroatoms. The van der Waals surface area contributed by atoms with Crippen molar-refractivity contribution in [2.24, 2.45) is 0 Å². The van der Waals surface area contributed by atoms with Crippen LogP contribution < -0.4 is 0 Å². The Morgan fingerprint density at radius 2 is 2.09 bits per heavy atom. The molecule has 118 valence electrons. The standard InChI is InChI=1S/C17H16N2O4/c1-11-9-13(12-5-2-3-6-14(12)18-11)17(22)23-10-16(21)19-8-4-7-15(19)20/h2-3,5-6,9H,4,7-8,10H2,1H3. The summed E-state index contributed by atoms with van der Waals surface area (Å²) >= 11 is 0. The molecular formula is C17H16N2O4. The number of aryl methyl sites for hydroxylation is 1. The van der Waals surface area contributed by atoms with Crippen LogP contribution in [0.1, 0.15) is 28.9 Å². The van der Waals surface area contributed by atoms with Gasteiger partial charge in [-0.1, -0.05) is 18.2 Å². The van der Waals surface area contributed by atoms with E-state index in [0.29, 0.717) is 41.5 Å². The van der Waals surface area contributed by atoms with E-state index < -0.39 is 18.5 Å². The minimum absolute atomic E-state index is 0.212. The molecule has 23 heavy (non-hydrogen) atoms. The predicted octanol–water partition coefficient (Wildman–Crippen LogP) is 1.85. The fourth-order valence-electron chi connectivity index (χ4n) is 2.67. The quantitative estimate of drug-likeness (QED) is 0.808. The van der Waals surface area contributed by atoms with Crippen LogP contribution in [0.3, 0.4) is 0 Å². The minimum Gasteiger partial charge on any atom is -0.452 e. The van der Waals surface area contributed by atoms with Crippen LogP contribution in [0.4, 0.5) is 0 Å². The Kier molecular flexibility index (Phi) is 4.06. The number of para-hydroxylation sites is 1. The van der Waals surface area contributed by atoms with Gasteiger partial charge < -0.3 is 4.74 Å². The van der Waals surface area contributed by atoms with Gasteiger partial charge >= 0.3 is 5.97 Å². The molecule has 1 aliphatic heterocycles. The number of pyridine rings is 1. The molecule has 1 aromatic carbocycles. The normalized spacial score (nSPS) is 14.3. The van der Waals surface area contributed by atoms with Crippen molar-refractivity contribution in [2.45, 2.75) is 19.8 Å². The molecular weight excluding hydrogens is 296 g/mol. The van der Waals surface area contributed by atoms with Crippen molar-refractivity contribution in [1.82, 2.24) is 9.88 Å². The van der Waals surface area contributed by atoms with Crippen molar-refractivity contribution in [2.75, 3.05) is 13.2 Å². The summed E-state index contributed by atoms with van der Waals surface area (Å²) in [4.78, 5) is 41.3. The third-order valence-corrected chi connectivity index (χ3v) is 3.77. The molecule has 0 radical (unpaired) electrons. The molecule has 2 amide bonds. The van der Waals surface area contributed by atoms with E-state index in [1.165, 1.54) is 0 Å². The van der Waals surface area contributed by atoms with Gasteiger partial charge in [0.15, 0.2) is 6.61 Å². The Morgan fingerprint density at radius 3 is 2.83 bits per heavy atom. The summed E-state index contributed by atoms with van der Waals surface area (Å²) in [6.07, 6.45) is 1.03. The number of carbonyl (C=O) groups is 3. The van der Waals surface area contributed by atoms with Crippen LogP contribution in [0.15, 0.2) is 30.3 Å². The zero-order valence-corrected chi connectivity index (χ0v) is 12.7. The highest BCUT2D eigenvalue weighted by Crippen LogP contribution is 2.19. The first-order valence-electron chi connectivity index (χ1n) is 7.43. The number of benzene rings is 1. The highest BCUT2D eigenvalue weighted by Gasteiger charge is 2.27. The van der Waals surface area contributed by atoms with Crippen LogP contribution in [-0.2, 0) is 14.3 Å². The van der Waals surface area contributed by atoms with Crippen LogP contribution in [0, 0.1) is 6.92 Å². The highest BCUT2D eigenvalue weighted by atomic mass is 16.5. The number of ether oxygens (including phenoxy) is 1. The number of amides is 2. The topological polar surface area (TPSA) is 76.6 Å². The van der Waals surface area contributed by atoms with Crippen molar-refractivity contribution < 1.29 is 19.1 Å². The third-order valence-electron chi connectivity index (χ3n) is 3.77. The summed E-state index contributed by atoms with van der Waals surface area (Å²) in [5, 5.41) is 0.674. The van der Waals surface area contributed by atoms with Crippen LogP contribution >= 0.6 is 0 Å². The zero-order valence-electron chi connectivity index (χ0n) is 12.7. The molecule has 6 nitrogen and oxygen atoms in total. The summed E-state index contributed by atoms with van der Waals surface area (Å²) in [7, 11) is 0. The van der Waals surface area contributed by atoms with Gasteiger partial charge in [-0.25, -0.2) is 4.79 Å². The lowest BCUT2D eigenvalue weighted by molar-refractivity contribution is -0.143. The van der Waals surface area contributed by atoms with E-state index >= 15 is 0 Å². The Morgan fingerprint density at radius 1 is 1.30 bits per heavy atom. The second-order valence-electron chi connectivity index (χ2n) is 5.45. The van der Waals surface area contributed by atoms with Crippen molar-refractivity contribution in [3.8, 4) is 0 Å². The van der Waals surface area contributed by atoms with Crippen LogP contribution in [0.25, 0.3) is 10.9 Å². The van der Waals surface area contributed by atoms with Gasteiger partial charge in [0.05, 0.1) is 11.1 Å². The summed E-state index contributed by atoms with van der Waals surface area (Å²) in [5.41, 5.74) is 1.76. The van der Waals surface area contributed by atoms with Gasteiger partial charge in [-0.05, 0) is 25.5 Å². The van der Waals surface area contributed by atoms with E-state index in [1.54, 1.807) is 19.1 Å². The summed E-state index contributed by atoms with van der Waals surface area (Å²) in [6.45, 7) is 1.75. The van der Waals surface area contributed by atoms with Gasteiger partial charge in [0.25, 0.3) is 5.91 Å². The van der Waals surface area contributed by atoms with E-state index in [2.05, 4.69) is 4.98 Å². The fraction of sp³-hybridized carbons (Fsp3) is 0.294. The second kappa shape index (κ2) is 6.16. The number of hydrogen-bond acceptors (Lipinski definition) is 5. The van der Waals surface area contributed by atoms with Crippen LogP contribution in [0.5, 0.6) is 0 Å².